The van der Waals surface area contributed by atoms with Gasteiger partial charge >= 0.3 is 0 Å². The first-order chi connectivity index (χ1) is 8.31. The topological polar surface area (TPSA) is 20.3 Å². The Bertz CT molecular complexity index is 385. The summed E-state index contributed by atoms with van der Waals surface area (Å²) in [7, 11) is 0. The maximum absolute atomic E-state index is 12.1. The summed E-state index contributed by atoms with van der Waals surface area (Å²) in [5.41, 5.74) is 0.816. The van der Waals surface area contributed by atoms with Gasteiger partial charge in [-0.15, -0.1) is 6.58 Å². The van der Waals surface area contributed by atoms with Crippen LogP contribution in [0.15, 0.2) is 43.0 Å². The summed E-state index contributed by atoms with van der Waals surface area (Å²) >= 11 is 0. The molecule has 2 heteroatoms. The minimum absolute atomic E-state index is 0.224. The number of likely N-dealkylation sites (tertiary alicyclic amines) is 1. The van der Waals surface area contributed by atoms with Gasteiger partial charge in [-0.3, -0.25) is 9.69 Å². The van der Waals surface area contributed by atoms with Crippen LogP contribution in [0.1, 0.15) is 29.6 Å². The van der Waals surface area contributed by atoms with E-state index in [-0.39, 0.29) is 5.78 Å². The first-order valence-corrected chi connectivity index (χ1v) is 6.24. The summed E-state index contributed by atoms with van der Waals surface area (Å²) < 4.78 is 0. The highest BCUT2D eigenvalue weighted by atomic mass is 16.1. The number of hydrogen-bond donors (Lipinski definition) is 0. The molecule has 0 aromatic heterocycles. The van der Waals surface area contributed by atoms with E-state index in [1.807, 2.05) is 36.4 Å². The Hall–Kier alpha value is -1.41. The SMILES string of the molecule is C=CCC1CCCN1CC(=O)c1ccccc1. The molecule has 1 aliphatic heterocycles. The predicted molar refractivity (Wildman–Crippen MR) is 70.2 cm³/mol. The molecule has 1 unspecified atom stereocenters. The second-order valence-electron chi connectivity index (χ2n) is 4.58. The second-order valence-corrected chi connectivity index (χ2v) is 4.58. The number of carbonyl (C=O) groups is 1. The monoisotopic (exact) mass is 229 g/mol. The molecule has 17 heavy (non-hydrogen) atoms. The van der Waals surface area contributed by atoms with Gasteiger partial charge in [-0.2, -0.15) is 0 Å². The molecule has 1 aliphatic rings. The molecule has 1 saturated heterocycles. The fourth-order valence-corrected chi connectivity index (χ4v) is 2.46. The van der Waals surface area contributed by atoms with E-state index in [9.17, 15) is 4.79 Å². The van der Waals surface area contributed by atoms with Gasteiger partial charge < -0.3 is 0 Å². The van der Waals surface area contributed by atoms with Gasteiger partial charge in [-0.1, -0.05) is 36.4 Å². The van der Waals surface area contributed by atoms with Gasteiger partial charge in [0.2, 0.25) is 0 Å². The molecule has 1 heterocycles. The molecule has 0 amide bonds. The minimum atomic E-state index is 0.224. The highest BCUT2D eigenvalue weighted by Gasteiger charge is 2.25. The second kappa shape index (κ2) is 5.78. The molecule has 0 aliphatic carbocycles. The van der Waals surface area contributed by atoms with E-state index in [1.165, 1.54) is 12.8 Å². The molecule has 90 valence electrons. The van der Waals surface area contributed by atoms with Crippen molar-refractivity contribution in [2.24, 2.45) is 0 Å². The van der Waals surface area contributed by atoms with Crippen molar-refractivity contribution >= 4 is 5.78 Å². The molecule has 0 N–H and O–H groups in total. The Balaban J connectivity index is 1.96. The molecule has 2 rings (SSSR count). The Kier molecular flexibility index (Phi) is 4.10. The Morgan fingerprint density at radius 3 is 2.88 bits per heavy atom. The van der Waals surface area contributed by atoms with Gasteiger partial charge in [-0.05, 0) is 25.8 Å². The van der Waals surface area contributed by atoms with Crippen molar-refractivity contribution in [1.82, 2.24) is 4.90 Å². The van der Waals surface area contributed by atoms with Gasteiger partial charge in [-0.25, -0.2) is 0 Å². The van der Waals surface area contributed by atoms with Crippen molar-refractivity contribution in [3.05, 3.63) is 48.6 Å². The van der Waals surface area contributed by atoms with Crippen molar-refractivity contribution in [2.75, 3.05) is 13.1 Å². The quantitative estimate of drug-likeness (QED) is 0.571. The molecular weight excluding hydrogens is 210 g/mol. The average molecular weight is 229 g/mol. The molecule has 1 aromatic carbocycles. The number of benzene rings is 1. The van der Waals surface area contributed by atoms with Gasteiger partial charge in [0.15, 0.2) is 5.78 Å². The molecule has 2 nitrogen and oxygen atoms in total. The first-order valence-electron chi connectivity index (χ1n) is 6.24. The van der Waals surface area contributed by atoms with E-state index in [0.29, 0.717) is 12.6 Å². The molecule has 0 radical (unpaired) electrons. The van der Waals surface area contributed by atoms with E-state index < -0.39 is 0 Å². The fourth-order valence-electron chi connectivity index (χ4n) is 2.46. The van der Waals surface area contributed by atoms with E-state index in [4.69, 9.17) is 0 Å². The third-order valence-corrected chi connectivity index (χ3v) is 3.38. The fraction of sp³-hybridized carbons (Fsp3) is 0.400. The summed E-state index contributed by atoms with van der Waals surface area (Å²) in [6.45, 7) is 5.37. The summed E-state index contributed by atoms with van der Waals surface area (Å²) in [4.78, 5) is 14.4. The van der Waals surface area contributed by atoms with Gasteiger partial charge in [0.25, 0.3) is 0 Å². The molecule has 0 spiro atoms. The van der Waals surface area contributed by atoms with Crippen molar-refractivity contribution in [3.8, 4) is 0 Å². The van der Waals surface area contributed by atoms with Crippen LogP contribution in [-0.4, -0.2) is 29.8 Å². The number of Topliss-reactive ketones (excluding diaryl/α,β-unsaturated/α-hetero) is 1. The minimum Gasteiger partial charge on any atom is -0.293 e. The molecule has 1 fully saturated rings. The molecule has 0 saturated carbocycles. The van der Waals surface area contributed by atoms with E-state index in [0.717, 1.165) is 18.5 Å². The largest absolute Gasteiger partial charge is 0.293 e. The van der Waals surface area contributed by atoms with Crippen LogP contribution in [0.2, 0.25) is 0 Å². The lowest BCUT2D eigenvalue weighted by molar-refractivity contribution is 0.0922. The average Bonchev–Trinajstić information content (AvgIpc) is 2.78. The maximum atomic E-state index is 12.1. The van der Waals surface area contributed by atoms with E-state index >= 15 is 0 Å². The van der Waals surface area contributed by atoms with Crippen molar-refractivity contribution in [2.45, 2.75) is 25.3 Å². The van der Waals surface area contributed by atoms with Crippen LogP contribution in [0, 0.1) is 0 Å². The number of ketones is 1. The Morgan fingerprint density at radius 1 is 1.41 bits per heavy atom. The maximum Gasteiger partial charge on any atom is 0.176 e. The number of nitrogens with zero attached hydrogens (tertiary/aromatic N) is 1. The zero-order chi connectivity index (χ0) is 12.1. The third kappa shape index (κ3) is 3.04. The first kappa shape index (κ1) is 12.1. The number of rotatable bonds is 5. The van der Waals surface area contributed by atoms with Crippen LogP contribution in [0.5, 0.6) is 0 Å². The zero-order valence-electron chi connectivity index (χ0n) is 10.1. The smallest absolute Gasteiger partial charge is 0.176 e. The van der Waals surface area contributed by atoms with E-state index in [1.54, 1.807) is 0 Å². The standard InChI is InChI=1S/C15H19NO/c1-2-7-14-10-6-11-16(14)12-15(17)13-8-4-3-5-9-13/h2-5,8-9,14H,1,6-7,10-12H2. The lowest BCUT2D eigenvalue weighted by Gasteiger charge is -2.22. The Morgan fingerprint density at radius 2 is 2.18 bits per heavy atom. The summed E-state index contributed by atoms with van der Waals surface area (Å²) in [5, 5.41) is 0. The molecule has 1 atom stereocenters. The van der Waals surface area contributed by atoms with Gasteiger partial charge in [0.1, 0.15) is 0 Å². The summed E-state index contributed by atoms with van der Waals surface area (Å²) in [5.74, 6) is 0.224. The third-order valence-electron chi connectivity index (χ3n) is 3.38. The van der Waals surface area contributed by atoms with Crippen LogP contribution in [0.4, 0.5) is 0 Å². The molecule has 0 bridgehead atoms. The number of hydrogen-bond acceptors (Lipinski definition) is 2. The van der Waals surface area contributed by atoms with Crippen LogP contribution in [0.3, 0.4) is 0 Å². The van der Waals surface area contributed by atoms with Crippen molar-refractivity contribution in [1.29, 1.82) is 0 Å². The summed E-state index contributed by atoms with van der Waals surface area (Å²) in [6, 6.07) is 10.1. The van der Waals surface area contributed by atoms with Gasteiger partial charge in [0.05, 0.1) is 6.54 Å². The lowest BCUT2D eigenvalue weighted by Crippen LogP contribution is -2.34. The van der Waals surface area contributed by atoms with Gasteiger partial charge in [0, 0.05) is 11.6 Å². The van der Waals surface area contributed by atoms with Crippen molar-refractivity contribution < 1.29 is 4.79 Å². The zero-order valence-corrected chi connectivity index (χ0v) is 10.1. The van der Waals surface area contributed by atoms with E-state index in [2.05, 4.69) is 11.5 Å². The highest BCUT2D eigenvalue weighted by Crippen LogP contribution is 2.20. The molecular formula is C15H19NO. The van der Waals surface area contributed by atoms with Crippen LogP contribution in [0.25, 0.3) is 0 Å². The molecule has 1 aromatic rings. The Labute approximate surface area is 103 Å². The highest BCUT2D eigenvalue weighted by molar-refractivity contribution is 5.97. The number of carbonyl (C=O) groups excluding carboxylic acids is 1. The van der Waals surface area contributed by atoms with Crippen LogP contribution in [-0.2, 0) is 0 Å². The predicted octanol–water partition coefficient (Wildman–Crippen LogP) is 2.91. The normalized spacial score (nSPS) is 20.4. The van der Waals surface area contributed by atoms with Crippen LogP contribution >= 0.6 is 0 Å². The van der Waals surface area contributed by atoms with Crippen molar-refractivity contribution in [3.63, 3.8) is 0 Å². The lowest BCUT2D eigenvalue weighted by atomic mass is 10.1. The van der Waals surface area contributed by atoms with Crippen LogP contribution < -0.4 is 0 Å². The summed E-state index contributed by atoms with van der Waals surface area (Å²) in [6.07, 6.45) is 5.33.